The molecule has 0 saturated carbocycles. The van der Waals surface area contributed by atoms with Crippen LogP contribution < -0.4 is 10.2 Å². The Kier molecular flexibility index (Phi) is 5.78. The van der Waals surface area contributed by atoms with Crippen LogP contribution in [-0.2, 0) is 4.79 Å². The van der Waals surface area contributed by atoms with Crippen molar-refractivity contribution in [2.24, 2.45) is 0 Å². The lowest BCUT2D eigenvalue weighted by molar-refractivity contribution is -0.139. The molecule has 1 aliphatic heterocycles. The minimum Gasteiger partial charge on any atom is -0.479 e. The van der Waals surface area contributed by atoms with E-state index in [4.69, 9.17) is 11.6 Å². The van der Waals surface area contributed by atoms with Gasteiger partial charge in [-0.3, -0.25) is 4.79 Å². The maximum absolute atomic E-state index is 12.7. The largest absolute Gasteiger partial charge is 0.479 e. The molecule has 0 spiro atoms. The van der Waals surface area contributed by atoms with Gasteiger partial charge in [-0.25, -0.2) is 4.79 Å². The van der Waals surface area contributed by atoms with E-state index in [2.05, 4.69) is 10.2 Å². The molecule has 1 amide bonds. The molecule has 2 aromatic carbocycles. The van der Waals surface area contributed by atoms with Crippen LogP contribution in [0.3, 0.4) is 0 Å². The number of aliphatic carboxylic acids is 1. The number of rotatable bonds is 5. The molecule has 1 saturated heterocycles. The number of nitrogens with one attached hydrogen (secondary N) is 1. The predicted octanol–water partition coefficient (Wildman–Crippen LogP) is 3.89. The summed E-state index contributed by atoms with van der Waals surface area (Å²) in [6.07, 6.45) is 3.47. The standard InChI is InChI=1S/C20H21ClN2O3/c21-17-10-9-15(23-11-5-2-6-12-23)13-16(17)19(24)22-18(20(25)26)14-7-3-1-4-8-14/h1,3-4,7-10,13,18H,2,5-6,11-12H2,(H,22,24)(H,25,26). The topological polar surface area (TPSA) is 69.6 Å². The van der Waals surface area contributed by atoms with Gasteiger partial charge in [0.25, 0.3) is 5.91 Å². The average molecular weight is 373 g/mol. The summed E-state index contributed by atoms with van der Waals surface area (Å²) in [5.74, 6) is -1.61. The second-order valence-corrected chi connectivity index (χ2v) is 6.77. The second-order valence-electron chi connectivity index (χ2n) is 6.37. The summed E-state index contributed by atoms with van der Waals surface area (Å²) in [4.78, 5) is 26.5. The van der Waals surface area contributed by atoms with Crippen molar-refractivity contribution in [2.75, 3.05) is 18.0 Å². The molecule has 1 unspecified atom stereocenters. The Labute approximate surface area is 157 Å². The van der Waals surface area contributed by atoms with E-state index in [0.717, 1.165) is 31.6 Å². The Morgan fingerprint density at radius 3 is 2.38 bits per heavy atom. The van der Waals surface area contributed by atoms with E-state index in [1.54, 1.807) is 42.5 Å². The number of anilines is 1. The number of hydrogen-bond acceptors (Lipinski definition) is 3. The molecule has 1 fully saturated rings. The Morgan fingerprint density at radius 1 is 1.04 bits per heavy atom. The summed E-state index contributed by atoms with van der Waals surface area (Å²) in [7, 11) is 0. The fourth-order valence-electron chi connectivity index (χ4n) is 3.18. The molecule has 1 heterocycles. The van der Waals surface area contributed by atoms with Crippen molar-refractivity contribution in [1.82, 2.24) is 5.32 Å². The normalized spacial score (nSPS) is 15.3. The summed E-state index contributed by atoms with van der Waals surface area (Å²) in [5, 5.41) is 12.4. The van der Waals surface area contributed by atoms with E-state index in [0.29, 0.717) is 10.6 Å². The second kappa shape index (κ2) is 8.23. The number of carbonyl (C=O) groups is 2. The number of benzene rings is 2. The smallest absolute Gasteiger partial charge is 0.330 e. The highest BCUT2D eigenvalue weighted by molar-refractivity contribution is 6.34. The lowest BCUT2D eigenvalue weighted by atomic mass is 10.1. The Balaban J connectivity index is 1.83. The number of halogens is 1. The molecule has 26 heavy (non-hydrogen) atoms. The zero-order chi connectivity index (χ0) is 18.5. The first-order chi connectivity index (χ1) is 12.6. The van der Waals surface area contributed by atoms with Gasteiger partial charge in [0.05, 0.1) is 10.6 Å². The summed E-state index contributed by atoms with van der Waals surface area (Å²) in [6.45, 7) is 1.90. The summed E-state index contributed by atoms with van der Waals surface area (Å²) in [6, 6.07) is 12.8. The monoisotopic (exact) mass is 372 g/mol. The summed E-state index contributed by atoms with van der Waals surface area (Å²) in [5.41, 5.74) is 1.74. The van der Waals surface area contributed by atoms with Crippen molar-refractivity contribution in [2.45, 2.75) is 25.3 Å². The van der Waals surface area contributed by atoms with Crippen molar-refractivity contribution in [3.05, 3.63) is 64.7 Å². The number of piperidine rings is 1. The van der Waals surface area contributed by atoms with Gasteiger partial charge in [0.1, 0.15) is 0 Å². The van der Waals surface area contributed by atoms with Gasteiger partial charge in [0, 0.05) is 18.8 Å². The highest BCUT2D eigenvalue weighted by Crippen LogP contribution is 2.26. The molecular weight excluding hydrogens is 352 g/mol. The van der Waals surface area contributed by atoms with E-state index in [1.165, 1.54) is 6.42 Å². The van der Waals surface area contributed by atoms with Gasteiger partial charge in [-0.1, -0.05) is 41.9 Å². The number of hydrogen-bond donors (Lipinski definition) is 2. The Morgan fingerprint density at radius 2 is 1.73 bits per heavy atom. The van der Waals surface area contributed by atoms with Crippen molar-refractivity contribution in [3.63, 3.8) is 0 Å². The van der Waals surface area contributed by atoms with Crippen LogP contribution in [0.1, 0.15) is 41.2 Å². The molecule has 5 nitrogen and oxygen atoms in total. The fourth-order valence-corrected chi connectivity index (χ4v) is 3.38. The average Bonchev–Trinajstić information content (AvgIpc) is 2.67. The molecule has 3 rings (SSSR count). The predicted molar refractivity (Wildman–Crippen MR) is 102 cm³/mol. The van der Waals surface area contributed by atoms with Gasteiger partial charge in [0.2, 0.25) is 0 Å². The third-order valence-electron chi connectivity index (χ3n) is 4.57. The van der Waals surface area contributed by atoms with Crippen LogP contribution in [0.4, 0.5) is 5.69 Å². The van der Waals surface area contributed by atoms with Crippen LogP contribution in [0.5, 0.6) is 0 Å². The molecule has 6 heteroatoms. The van der Waals surface area contributed by atoms with Gasteiger partial charge in [-0.05, 0) is 43.0 Å². The highest BCUT2D eigenvalue weighted by atomic mass is 35.5. The van der Waals surface area contributed by atoms with E-state index >= 15 is 0 Å². The first-order valence-electron chi connectivity index (χ1n) is 8.69. The van der Waals surface area contributed by atoms with Gasteiger partial charge >= 0.3 is 5.97 Å². The van der Waals surface area contributed by atoms with E-state index < -0.39 is 17.9 Å². The molecule has 0 aliphatic carbocycles. The first kappa shape index (κ1) is 18.3. The zero-order valence-electron chi connectivity index (χ0n) is 14.3. The lowest BCUT2D eigenvalue weighted by Crippen LogP contribution is -2.34. The highest BCUT2D eigenvalue weighted by Gasteiger charge is 2.24. The van der Waals surface area contributed by atoms with Crippen molar-refractivity contribution in [3.8, 4) is 0 Å². The lowest BCUT2D eigenvalue weighted by Gasteiger charge is -2.29. The number of carbonyl (C=O) groups excluding carboxylic acids is 1. The van der Waals surface area contributed by atoms with Gasteiger partial charge in [-0.2, -0.15) is 0 Å². The van der Waals surface area contributed by atoms with Crippen LogP contribution in [0.15, 0.2) is 48.5 Å². The first-order valence-corrected chi connectivity index (χ1v) is 9.07. The van der Waals surface area contributed by atoms with Crippen LogP contribution in [0, 0.1) is 0 Å². The van der Waals surface area contributed by atoms with E-state index in [-0.39, 0.29) is 5.56 Å². The molecule has 136 valence electrons. The van der Waals surface area contributed by atoms with Crippen molar-refractivity contribution >= 4 is 29.2 Å². The number of amides is 1. The van der Waals surface area contributed by atoms with Crippen molar-refractivity contribution in [1.29, 1.82) is 0 Å². The molecule has 0 radical (unpaired) electrons. The van der Waals surface area contributed by atoms with Crippen LogP contribution in [0.2, 0.25) is 5.02 Å². The maximum atomic E-state index is 12.7. The number of carboxylic acids is 1. The molecule has 2 N–H and O–H groups in total. The van der Waals surface area contributed by atoms with Gasteiger partial charge in [0.15, 0.2) is 6.04 Å². The molecule has 1 aliphatic rings. The zero-order valence-corrected chi connectivity index (χ0v) is 15.1. The number of nitrogens with zero attached hydrogens (tertiary/aromatic N) is 1. The maximum Gasteiger partial charge on any atom is 0.330 e. The Hall–Kier alpha value is -2.53. The fraction of sp³-hybridized carbons (Fsp3) is 0.300. The van der Waals surface area contributed by atoms with Gasteiger partial charge in [-0.15, -0.1) is 0 Å². The van der Waals surface area contributed by atoms with Crippen LogP contribution in [0.25, 0.3) is 0 Å². The van der Waals surface area contributed by atoms with E-state index in [9.17, 15) is 14.7 Å². The molecule has 0 aromatic heterocycles. The van der Waals surface area contributed by atoms with Gasteiger partial charge < -0.3 is 15.3 Å². The van der Waals surface area contributed by atoms with Crippen molar-refractivity contribution < 1.29 is 14.7 Å². The minimum atomic E-state index is -1.13. The SMILES string of the molecule is O=C(NC(C(=O)O)c1ccccc1)c1cc(N2CCCCC2)ccc1Cl. The van der Waals surface area contributed by atoms with Crippen LogP contribution in [-0.4, -0.2) is 30.1 Å². The summed E-state index contributed by atoms with van der Waals surface area (Å²) >= 11 is 6.21. The minimum absolute atomic E-state index is 0.289. The molecule has 2 aromatic rings. The molecular formula is C20H21ClN2O3. The Bertz CT molecular complexity index is 789. The quantitative estimate of drug-likeness (QED) is 0.835. The number of carboxylic acid groups (broad SMARTS) is 1. The van der Waals surface area contributed by atoms with Crippen LogP contribution >= 0.6 is 11.6 Å². The summed E-state index contributed by atoms with van der Waals surface area (Å²) < 4.78 is 0. The third-order valence-corrected chi connectivity index (χ3v) is 4.90. The third kappa shape index (κ3) is 4.17. The molecule has 0 bridgehead atoms. The molecule has 1 atom stereocenters. The van der Waals surface area contributed by atoms with E-state index in [1.807, 2.05) is 6.07 Å².